The second-order valence-electron chi connectivity index (χ2n) is 6.74. The maximum absolute atomic E-state index is 10.9. The highest BCUT2D eigenvalue weighted by Gasteiger charge is 2.36. The molecule has 0 bridgehead atoms. The van der Waals surface area contributed by atoms with E-state index in [-0.39, 0.29) is 5.04 Å². The van der Waals surface area contributed by atoms with Crippen molar-refractivity contribution < 1.29 is 9.22 Å². The molecule has 17 heavy (non-hydrogen) atoms. The van der Waals surface area contributed by atoms with Crippen LogP contribution in [0.2, 0.25) is 18.1 Å². The largest absolute Gasteiger partial charge is 0.417 e. The number of carbonyl (C=O) groups excluding carboxylic acids is 1. The summed E-state index contributed by atoms with van der Waals surface area (Å²) in [6, 6.07) is 0. The summed E-state index contributed by atoms with van der Waals surface area (Å²) in [6.07, 6.45) is 2.78. The predicted molar refractivity (Wildman–Crippen MR) is 76.8 cm³/mol. The number of hydrogen-bond acceptors (Lipinski definition) is 2. The van der Waals surface area contributed by atoms with Gasteiger partial charge in [-0.2, -0.15) is 0 Å². The maximum atomic E-state index is 10.9. The minimum atomic E-state index is -1.58. The van der Waals surface area contributed by atoms with Crippen LogP contribution in [0.3, 0.4) is 0 Å². The van der Waals surface area contributed by atoms with Crippen LogP contribution in [-0.2, 0) is 9.22 Å². The third-order valence-corrected chi connectivity index (χ3v) is 8.41. The van der Waals surface area contributed by atoms with Gasteiger partial charge < -0.3 is 9.22 Å². The van der Waals surface area contributed by atoms with Gasteiger partial charge in [-0.3, -0.25) is 0 Å². The van der Waals surface area contributed by atoms with E-state index in [1.807, 2.05) is 0 Å². The van der Waals surface area contributed by atoms with Crippen molar-refractivity contribution in [3.05, 3.63) is 0 Å². The monoisotopic (exact) mass is 258 g/mol. The van der Waals surface area contributed by atoms with E-state index in [0.29, 0.717) is 18.1 Å². The van der Waals surface area contributed by atoms with Crippen LogP contribution in [0.4, 0.5) is 0 Å². The summed E-state index contributed by atoms with van der Waals surface area (Å²) in [4.78, 5) is 10.9. The Hall–Kier alpha value is -0.153. The Morgan fingerprint density at radius 3 is 2.18 bits per heavy atom. The second-order valence-corrected chi connectivity index (χ2v) is 11.6. The summed E-state index contributed by atoms with van der Waals surface area (Å²) in [5.41, 5.74) is 0. The lowest BCUT2D eigenvalue weighted by Crippen LogP contribution is -2.41. The van der Waals surface area contributed by atoms with Crippen LogP contribution >= 0.6 is 0 Å². The van der Waals surface area contributed by atoms with E-state index in [1.165, 1.54) is 0 Å². The molecule has 0 saturated carbocycles. The van der Waals surface area contributed by atoms with E-state index in [2.05, 4.69) is 40.8 Å². The quantitative estimate of drug-likeness (QED) is 0.633. The normalized spacial score (nSPS) is 14.8. The van der Waals surface area contributed by atoms with E-state index >= 15 is 0 Å². The van der Waals surface area contributed by atoms with E-state index in [1.54, 1.807) is 6.92 Å². The number of rotatable bonds is 7. The molecule has 3 heteroatoms. The van der Waals surface area contributed by atoms with Gasteiger partial charge in [-0.1, -0.05) is 27.7 Å². The van der Waals surface area contributed by atoms with Crippen LogP contribution in [0.1, 0.15) is 53.9 Å². The van der Waals surface area contributed by atoms with Crippen molar-refractivity contribution in [2.45, 2.75) is 72.0 Å². The van der Waals surface area contributed by atoms with Crippen LogP contribution in [0.5, 0.6) is 0 Å². The molecule has 0 aromatic heterocycles. The molecule has 0 fully saturated rings. The number of hydrogen-bond donors (Lipinski definition) is 0. The van der Waals surface area contributed by atoms with Crippen molar-refractivity contribution in [2.24, 2.45) is 5.92 Å². The maximum Gasteiger partial charge on any atom is 0.191 e. The van der Waals surface area contributed by atoms with Crippen molar-refractivity contribution in [1.82, 2.24) is 0 Å². The molecule has 0 aromatic rings. The molecule has 2 nitrogen and oxygen atoms in total. The molecule has 102 valence electrons. The van der Waals surface area contributed by atoms with Gasteiger partial charge >= 0.3 is 0 Å². The Kier molecular flexibility index (Phi) is 6.63. The van der Waals surface area contributed by atoms with Crippen molar-refractivity contribution in [1.29, 1.82) is 0 Å². The molecule has 0 rings (SSSR count). The van der Waals surface area contributed by atoms with E-state index in [9.17, 15) is 4.79 Å². The summed E-state index contributed by atoms with van der Waals surface area (Å²) < 4.78 is 6.13. The van der Waals surface area contributed by atoms with Gasteiger partial charge in [-0.05, 0) is 43.8 Å². The minimum absolute atomic E-state index is 0.287. The first-order valence-corrected chi connectivity index (χ1v) is 9.60. The Morgan fingerprint density at radius 2 is 1.76 bits per heavy atom. The van der Waals surface area contributed by atoms with E-state index < -0.39 is 8.32 Å². The first-order valence-electron chi connectivity index (χ1n) is 6.69. The fraction of sp³-hybridized carbons (Fsp3) is 0.929. The molecule has 0 saturated heterocycles. The van der Waals surface area contributed by atoms with Crippen LogP contribution in [0.15, 0.2) is 0 Å². The zero-order valence-electron chi connectivity index (χ0n) is 12.7. The van der Waals surface area contributed by atoms with E-state index in [4.69, 9.17) is 4.43 Å². The highest BCUT2D eigenvalue weighted by atomic mass is 28.4. The molecule has 0 aliphatic carbocycles. The lowest BCUT2D eigenvalue weighted by atomic mass is 10.0. The summed E-state index contributed by atoms with van der Waals surface area (Å²) in [5.74, 6) is 0.880. The standard InChI is InChI=1S/C14H30O2Si/c1-12(8-9-13(2)15)10-11-16-17(6,7)14(3,4)5/h12H,8-11H2,1-7H3. The number of Topliss-reactive ketones (excluding diaryl/α,β-unsaturated/α-hetero) is 1. The van der Waals surface area contributed by atoms with Crippen molar-refractivity contribution in [2.75, 3.05) is 6.61 Å². The van der Waals surface area contributed by atoms with Gasteiger partial charge in [0.05, 0.1) is 0 Å². The molecule has 0 N–H and O–H groups in total. The highest BCUT2D eigenvalue weighted by molar-refractivity contribution is 6.74. The third-order valence-electron chi connectivity index (χ3n) is 3.87. The summed E-state index contributed by atoms with van der Waals surface area (Å²) in [5, 5.41) is 0.287. The van der Waals surface area contributed by atoms with Gasteiger partial charge in [0.15, 0.2) is 8.32 Å². The Morgan fingerprint density at radius 1 is 1.24 bits per heavy atom. The average Bonchev–Trinajstić information content (AvgIpc) is 2.12. The van der Waals surface area contributed by atoms with Gasteiger partial charge in [0.1, 0.15) is 5.78 Å². The first kappa shape index (κ1) is 16.8. The lowest BCUT2D eigenvalue weighted by molar-refractivity contribution is -0.117. The van der Waals surface area contributed by atoms with Gasteiger partial charge in [-0.15, -0.1) is 0 Å². The number of carbonyl (C=O) groups is 1. The smallest absolute Gasteiger partial charge is 0.191 e. The fourth-order valence-corrected chi connectivity index (χ4v) is 2.39. The first-order chi connectivity index (χ1) is 7.56. The average molecular weight is 258 g/mol. The van der Waals surface area contributed by atoms with Crippen molar-refractivity contribution in [3.63, 3.8) is 0 Å². The number of ketones is 1. The van der Waals surface area contributed by atoms with Gasteiger partial charge in [0.2, 0.25) is 0 Å². The molecule has 0 aromatic carbocycles. The predicted octanol–water partition coefficient (Wildman–Crippen LogP) is 4.40. The fourth-order valence-electron chi connectivity index (χ4n) is 1.33. The zero-order chi connectivity index (χ0) is 13.7. The van der Waals surface area contributed by atoms with Crippen LogP contribution in [0, 0.1) is 5.92 Å². The van der Waals surface area contributed by atoms with Crippen molar-refractivity contribution >= 4 is 14.1 Å². The van der Waals surface area contributed by atoms with Gasteiger partial charge in [-0.25, -0.2) is 0 Å². The Balaban J connectivity index is 3.87. The van der Waals surface area contributed by atoms with Crippen molar-refractivity contribution in [3.8, 4) is 0 Å². The minimum Gasteiger partial charge on any atom is -0.417 e. The van der Waals surface area contributed by atoms with Crippen LogP contribution in [0.25, 0.3) is 0 Å². The molecule has 0 spiro atoms. The highest BCUT2D eigenvalue weighted by Crippen LogP contribution is 2.36. The lowest BCUT2D eigenvalue weighted by Gasteiger charge is -2.36. The summed E-state index contributed by atoms with van der Waals surface area (Å²) >= 11 is 0. The second kappa shape index (κ2) is 6.69. The molecule has 0 heterocycles. The molecule has 1 unspecified atom stereocenters. The van der Waals surface area contributed by atoms with E-state index in [0.717, 1.165) is 19.4 Å². The molecule has 0 aliphatic heterocycles. The Labute approximate surface area is 108 Å². The van der Waals surface area contributed by atoms with Crippen LogP contribution in [-0.4, -0.2) is 20.7 Å². The van der Waals surface area contributed by atoms with Gasteiger partial charge in [0.25, 0.3) is 0 Å². The molecular formula is C14H30O2Si. The zero-order valence-corrected chi connectivity index (χ0v) is 13.7. The van der Waals surface area contributed by atoms with Gasteiger partial charge in [0, 0.05) is 13.0 Å². The summed E-state index contributed by atoms with van der Waals surface area (Å²) in [7, 11) is -1.58. The molecule has 0 radical (unpaired) electrons. The SMILES string of the molecule is CC(=O)CCC(C)CCO[Si](C)(C)C(C)(C)C. The molecule has 0 aliphatic rings. The summed E-state index contributed by atoms with van der Waals surface area (Å²) in [6.45, 7) is 16.1. The topological polar surface area (TPSA) is 26.3 Å². The molecular weight excluding hydrogens is 228 g/mol. The Bertz CT molecular complexity index is 241. The third kappa shape index (κ3) is 6.99. The van der Waals surface area contributed by atoms with Crippen LogP contribution < -0.4 is 0 Å². The molecule has 1 atom stereocenters. The molecule has 0 amide bonds.